The number of piperidine rings is 1. The number of rotatable bonds is 7. The second-order valence-corrected chi connectivity index (χ2v) is 9.72. The smallest absolute Gasteiger partial charge is 0.350 e. The number of nitrogens with one attached hydrogen (secondary N) is 2. The van der Waals surface area contributed by atoms with Gasteiger partial charge in [-0.05, 0) is 49.9 Å². The molecule has 13 heteroatoms. The summed E-state index contributed by atoms with van der Waals surface area (Å²) in [4.78, 5) is 13.8. The zero-order chi connectivity index (χ0) is 24.4. The van der Waals surface area contributed by atoms with Crippen LogP contribution in [0.2, 0.25) is 0 Å². The molecule has 1 atom stereocenters. The first-order chi connectivity index (χ1) is 15.3. The fourth-order valence-electron chi connectivity index (χ4n) is 3.55. The van der Waals surface area contributed by atoms with E-state index in [9.17, 15) is 30.8 Å². The molecule has 2 aromatic rings. The van der Waals surface area contributed by atoms with Gasteiger partial charge in [-0.3, -0.25) is 14.5 Å². The van der Waals surface area contributed by atoms with E-state index in [1.54, 1.807) is 5.01 Å². The van der Waals surface area contributed by atoms with Gasteiger partial charge in [-0.1, -0.05) is 6.07 Å². The lowest BCUT2D eigenvalue weighted by atomic mass is 10.00. The van der Waals surface area contributed by atoms with Crippen molar-refractivity contribution < 1.29 is 30.8 Å². The van der Waals surface area contributed by atoms with Crippen LogP contribution in [0.1, 0.15) is 49.1 Å². The first-order valence-electron chi connectivity index (χ1n) is 10.3. The van der Waals surface area contributed by atoms with Crippen molar-refractivity contribution in [3.8, 4) is 0 Å². The Labute approximate surface area is 189 Å². The lowest BCUT2D eigenvalue weighted by molar-refractivity contribution is -0.141. The molecule has 1 fully saturated rings. The van der Waals surface area contributed by atoms with Crippen molar-refractivity contribution in [2.45, 2.75) is 44.8 Å². The molecule has 1 aliphatic heterocycles. The second-order valence-electron chi connectivity index (χ2n) is 7.98. The van der Waals surface area contributed by atoms with Gasteiger partial charge in [0, 0.05) is 13.1 Å². The Hall–Kier alpha value is -2.83. The summed E-state index contributed by atoms with van der Waals surface area (Å²) in [5.41, 5.74) is -0.825. The van der Waals surface area contributed by atoms with E-state index >= 15 is 0 Å². The third kappa shape index (κ3) is 6.36. The molecular weight excluding hydrogens is 466 g/mol. The molecule has 3 rings (SSSR count). The lowest BCUT2D eigenvalue weighted by Crippen LogP contribution is -2.42. The number of hydrogen-bond donors (Lipinski definition) is 2. The molecule has 2 N–H and O–H groups in total. The van der Waals surface area contributed by atoms with Gasteiger partial charge in [0.05, 0.1) is 30.1 Å². The number of halogens is 4. The Morgan fingerprint density at radius 3 is 2.42 bits per heavy atom. The van der Waals surface area contributed by atoms with Crippen LogP contribution < -0.4 is 15.0 Å². The minimum absolute atomic E-state index is 0.184. The summed E-state index contributed by atoms with van der Waals surface area (Å²) < 4.78 is 78.5. The number of anilines is 1. The van der Waals surface area contributed by atoms with E-state index in [0.29, 0.717) is 13.1 Å². The van der Waals surface area contributed by atoms with Crippen LogP contribution in [-0.4, -0.2) is 43.6 Å². The summed E-state index contributed by atoms with van der Waals surface area (Å²) in [5.74, 6) is -2.21. The number of carbonyl (C=O) groups is 1. The maximum Gasteiger partial charge on any atom is 0.435 e. The normalized spacial score (nSPS) is 15.9. The standard InChI is InChI=1S/C20H25F4N5O3S/c1-13(14-6-7-17(16(21)10-14)27-33(2,31)32)19(30)25-12-15-11-18(20(22,23)24)26-29(15)28-8-4-3-5-9-28/h6-7,10-11,13,27H,3-5,8-9,12H2,1-2H3,(H,25,30). The highest BCUT2D eigenvalue weighted by Crippen LogP contribution is 2.29. The predicted molar refractivity (Wildman–Crippen MR) is 114 cm³/mol. The Morgan fingerprint density at radius 1 is 1.18 bits per heavy atom. The van der Waals surface area contributed by atoms with Crippen molar-refractivity contribution in [1.82, 2.24) is 15.2 Å². The maximum absolute atomic E-state index is 14.2. The molecule has 1 aromatic carbocycles. The first kappa shape index (κ1) is 24.8. The molecular formula is C20H25F4N5O3S. The highest BCUT2D eigenvalue weighted by molar-refractivity contribution is 7.92. The summed E-state index contributed by atoms with van der Waals surface area (Å²) in [5, 5.41) is 8.00. The number of carbonyl (C=O) groups excluding carboxylic acids is 1. The van der Waals surface area contributed by atoms with Gasteiger partial charge in [-0.15, -0.1) is 5.10 Å². The molecule has 0 aliphatic carbocycles. The molecule has 33 heavy (non-hydrogen) atoms. The molecule has 1 saturated heterocycles. The van der Waals surface area contributed by atoms with Gasteiger partial charge in [0.2, 0.25) is 15.9 Å². The van der Waals surface area contributed by atoms with Crippen LogP contribution in [0, 0.1) is 5.82 Å². The first-order valence-corrected chi connectivity index (χ1v) is 12.2. The van der Waals surface area contributed by atoms with E-state index in [4.69, 9.17) is 0 Å². The third-order valence-corrected chi connectivity index (χ3v) is 5.87. The number of sulfonamides is 1. The van der Waals surface area contributed by atoms with Crippen molar-refractivity contribution in [3.63, 3.8) is 0 Å². The van der Waals surface area contributed by atoms with E-state index in [2.05, 4.69) is 10.4 Å². The van der Waals surface area contributed by atoms with Gasteiger partial charge >= 0.3 is 6.18 Å². The molecule has 182 valence electrons. The summed E-state index contributed by atoms with van der Waals surface area (Å²) in [6.07, 6.45) is -1.08. The molecule has 0 saturated carbocycles. The van der Waals surface area contributed by atoms with E-state index in [-0.39, 0.29) is 23.5 Å². The molecule has 0 spiro atoms. The fraction of sp³-hybridized carbons (Fsp3) is 0.500. The van der Waals surface area contributed by atoms with Gasteiger partial charge in [0.1, 0.15) is 5.82 Å². The third-order valence-electron chi connectivity index (χ3n) is 5.28. The number of aromatic nitrogens is 2. The molecule has 8 nitrogen and oxygen atoms in total. The Kier molecular flexibility index (Phi) is 7.20. The second kappa shape index (κ2) is 9.57. The van der Waals surface area contributed by atoms with Crippen molar-refractivity contribution >= 4 is 21.6 Å². The minimum atomic E-state index is -4.62. The molecule has 1 aliphatic rings. The fourth-order valence-corrected chi connectivity index (χ4v) is 4.11. The molecule has 1 aromatic heterocycles. The molecule has 1 amide bonds. The van der Waals surface area contributed by atoms with E-state index in [1.165, 1.54) is 23.8 Å². The number of benzene rings is 1. The Morgan fingerprint density at radius 2 is 1.85 bits per heavy atom. The molecule has 2 heterocycles. The molecule has 0 bridgehead atoms. The quantitative estimate of drug-likeness (QED) is 0.581. The summed E-state index contributed by atoms with van der Waals surface area (Å²) >= 11 is 0. The van der Waals surface area contributed by atoms with Gasteiger partial charge in [-0.25, -0.2) is 12.8 Å². The summed E-state index contributed by atoms with van der Waals surface area (Å²) in [6, 6.07) is 4.56. The summed E-state index contributed by atoms with van der Waals surface area (Å²) in [6.45, 7) is 2.43. The van der Waals surface area contributed by atoms with Crippen LogP contribution in [0.5, 0.6) is 0 Å². The Bertz CT molecular complexity index is 1110. The highest BCUT2D eigenvalue weighted by atomic mass is 32.2. The number of hydrogen-bond acceptors (Lipinski definition) is 5. The van der Waals surface area contributed by atoms with Crippen molar-refractivity contribution in [2.75, 3.05) is 29.1 Å². The maximum atomic E-state index is 14.2. The van der Waals surface area contributed by atoms with Gasteiger partial charge in [0.15, 0.2) is 5.69 Å². The largest absolute Gasteiger partial charge is 0.435 e. The van der Waals surface area contributed by atoms with Crippen LogP contribution in [0.3, 0.4) is 0 Å². The van der Waals surface area contributed by atoms with E-state index in [0.717, 1.165) is 37.7 Å². The number of amides is 1. The molecule has 0 radical (unpaired) electrons. The number of alkyl halides is 3. The number of nitrogens with zero attached hydrogens (tertiary/aromatic N) is 3. The van der Waals surface area contributed by atoms with E-state index < -0.39 is 39.5 Å². The highest BCUT2D eigenvalue weighted by Gasteiger charge is 2.36. The van der Waals surface area contributed by atoms with Gasteiger partial charge in [0.25, 0.3) is 0 Å². The zero-order valence-corrected chi connectivity index (χ0v) is 18.9. The monoisotopic (exact) mass is 491 g/mol. The predicted octanol–water partition coefficient (Wildman–Crippen LogP) is 2.95. The van der Waals surface area contributed by atoms with Crippen LogP contribution in [-0.2, 0) is 27.5 Å². The SMILES string of the molecule is CC(C(=O)NCc1cc(C(F)(F)F)nn1N1CCCCC1)c1ccc(NS(C)(=O)=O)c(F)c1. The zero-order valence-electron chi connectivity index (χ0n) is 18.1. The average Bonchev–Trinajstić information content (AvgIpc) is 3.17. The van der Waals surface area contributed by atoms with Crippen molar-refractivity contribution in [1.29, 1.82) is 0 Å². The van der Waals surface area contributed by atoms with Crippen molar-refractivity contribution in [2.24, 2.45) is 0 Å². The average molecular weight is 492 g/mol. The summed E-state index contributed by atoms with van der Waals surface area (Å²) in [7, 11) is -3.67. The molecule has 1 unspecified atom stereocenters. The van der Waals surface area contributed by atoms with E-state index in [1.807, 2.05) is 4.72 Å². The lowest BCUT2D eigenvalue weighted by Gasteiger charge is -2.30. The topological polar surface area (TPSA) is 96.3 Å². The Balaban J connectivity index is 1.73. The van der Waals surface area contributed by atoms with Crippen LogP contribution in [0.4, 0.5) is 23.2 Å². The van der Waals surface area contributed by atoms with Gasteiger partial charge < -0.3 is 5.32 Å². The van der Waals surface area contributed by atoms with Crippen LogP contribution in [0.15, 0.2) is 24.3 Å². The van der Waals surface area contributed by atoms with Crippen LogP contribution >= 0.6 is 0 Å². The van der Waals surface area contributed by atoms with Gasteiger partial charge in [-0.2, -0.15) is 18.0 Å². The van der Waals surface area contributed by atoms with Crippen LogP contribution in [0.25, 0.3) is 0 Å². The minimum Gasteiger partial charge on any atom is -0.350 e. The van der Waals surface area contributed by atoms with Crippen molar-refractivity contribution in [3.05, 3.63) is 47.0 Å².